The third-order valence-electron chi connectivity index (χ3n) is 4.75. The van der Waals surface area contributed by atoms with Gasteiger partial charge >= 0.3 is 0 Å². The SMILES string of the molecule is CC(NCCN1CCC(N2CCCC2)C1)c1cccs1. The number of thiophene rings is 1. The molecule has 2 atom stereocenters. The quantitative estimate of drug-likeness (QED) is 0.869. The molecule has 1 N–H and O–H groups in total. The van der Waals surface area contributed by atoms with E-state index in [2.05, 4.69) is 39.6 Å². The maximum atomic E-state index is 3.65. The van der Waals surface area contributed by atoms with Gasteiger partial charge in [-0.2, -0.15) is 0 Å². The van der Waals surface area contributed by atoms with Gasteiger partial charge in [-0.15, -0.1) is 11.3 Å². The lowest BCUT2D eigenvalue weighted by atomic mass is 10.2. The molecule has 0 saturated carbocycles. The zero-order valence-corrected chi connectivity index (χ0v) is 13.4. The molecule has 4 heteroatoms. The summed E-state index contributed by atoms with van der Waals surface area (Å²) in [6.07, 6.45) is 4.20. The maximum Gasteiger partial charge on any atom is 0.0386 e. The van der Waals surface area contributed by atoms with E-state index in [1.54, 1.807) is 0 Å². The van der Waals surface area contributed by atoms with E-state index < -0.39 is 0 Å². The van der Waals surface area contributed by atoms with E-state index in [1.165, 1.54) is 56.9 Å². The second kappa shape index (κ2) is 7.03. The van der Waals surface area contributed by atoms with Gasteiger partial charge in [0, 0.05) is 36.6 Å². The third-order valence-corrected chi connectivity index (χ3v) is 5.81. The molecule has 2 saturated heterocycles. The summed E-state index contributed by atoms with van der Waals surface area (Å²) >= 11 is 1.85. The highest BCUT2D eigenvalue weighted by Crippen LogP contribution is 2.20. The Labute approximate surface area is 127 Å². The average molecular weight is 293 g/mol. The smallest absolute Gasteiger partial charge is 0.0386 e. The van der Waals surface area contributed by atoms with Gasteiger partial charge in [0.2, 0.25) is 0 Å². The Bertz CT molecular complexity index is 386. The molecule has 3 rings (SSSR count). The van der Waals surface area contributed by atoms with Gasteiger partial charge in [0.15, 0.2) is 0 Å². The summed E-state index contributed by atoms with van der Waals surface area (Å²) in [5.41, 5.74) is 0. The fraction of sp³-hybridized carbons (Fsp3) is 0.750. The van der Waals surface area contributed by atoms with Crippen molar-refractivity contribution < 1.29 is 0 Å². The topological polar surface area (TPSA) is 18.5 Å². The first kappa shape index (κ1) is 14.5. The van der Waals surface area contributed by atoms with E-state index in [0.29, 0.717) is 6.04 Å². The highest BCUT2D eigenvalue weighted by atomic mass is 32.1. The minimum absolute atomic E-state index is 0.493. The Kier molecular flexibility index (Phi) is 5.10. The van der Waals surface area contributed by atoms with Crippen molar-refractivity contribution in [3.8, 4) is 0 Å². The monoisotopic (exact) mass is 293 g/mol. The maximum absolute atomic E-state index is 3.65. The summed E-state index contributed by atoms with van der Waals surface area (Å²) in [5.74, 6) is 0. The van der Waals surface area contributed by atoms with Crippen molar-refractivity contribution in [3.63, 3.8) is 0 Å². The van der Waals surface area contributed by atoms with E-state index in [9.17, 15) is 0 Å². The van der Waals surface area contributed by atoms with Crippen LogP contribution in [0.25, 0.3) is 0 Å². The Morgan fingerprint density at radius 1 is 1.35 bits per heavy atom. The first-order chi connectivity index (χ1) is 9.83. The lowest BCUT2D eigenvalue weighted by Crippen LogP contribution is -2.37. The molecule has 0 radical (unpaired) electrons. The largest absolute Gasteiger partial charge is 0.308 e. The first-order valence-electron chi connectivity index (χ1n) is 8.06. The Hall–Kier alpha value is -0.420. The van der Waals surface area contributed by atoms with Crippen molar-refractivity contribution in [1.29, 1.82) is 0 Å². The van der Waals surface area contributed by atoms with Crippen LogP contribution in [0.15, 0.2) is 17.5 Å². The standard InChI is InChI=1S/C16H27N3S/c1-14(16-5-4-12-20-16)17-7-11-18-10-6-15(13-18)19-8-2-3-9-19/h4-5,12,14-15,17H,2-3,6-11,13H2,1H3. The van der Waals surface area contributed by atoms with Crippen LogP contribution in [0.1, 0.15) is 37.1 Å². The van der Waals surface area contributed by atoms with Crippen molar-refractivity contribution >= 4 is 11.3 Å². The summed E-state index contributed by atoms with van der Waals surface area (Å²) in [7, 11) is 0. The summed E-state index contributed by atoms with van der Waals surface area (Å²) in [4.78, 5) is 6.79. The molecule has 0 spiro atoms. The lowest BCUT2D eigenvalue weighted by molar-refractivity contribution is 0.231. The normalized spacial score (nSPS) is 26.4. The van der Waals surface area contributed by atoms with Gasteiger partial charge in [0.05, 0.1) is 0 Å². The average Bonchev–Trinajstić information content (AvgIpc) is 3.20. The third kappa shape index (κ3) is 3.61. The molecule has 2 unspecified atom stereocenters. The predicted molar refractivity (Wildman–Crippen MR) is 86.4 cm³/mol. The molecule has 0 bridgehead atoms. The number of nitrogens with zero attached hydrogens (tertiary/aromatic N) is 2. The van der Waals surface area contributed by atoms with E-state index in [0.717, 1.165) is 12.6 Å². The summed E-state index contributed by atoms with van der Waals surface area (Å²) in [5, 5.41) is 5.81. The van der Waals surface area contributed by atoms with Crippen molar-refractivity contribution in [3.05, 3.63) is 22.4 Å². The Morgan fingerprint density at radius 2 is 2.20 bits per heavy atom. The van der Waals surface area contributed by atoms with Crippen LogP contribution in [0.2, 0.25) is 0 Å². The molecule has 3 nitrogen and oxygen atoms in total. The van der Waals surface area contributed by atoms with Crippen LogP contribution in [0.4, 0.5) is 0 Å². The Balaban J connectivity index is 1.35. The van der Waals surface area contributed by atoms with Gasteiger partial charge in [0.25, 0.3) is 0 Å². The second-order valence-corrected chi connectivity index (χ2v) is 7.16. The van der Waals surface area contributed by atoms with Crippen molar-refractivity contribution in [1.82, 2.24) is 15.1 Å². The molecule has 0 aliphatic carbocycles. The van der Waals surface area contributed by atoms with E-state index in [1.807, 2.05) is 11.3 Å². The first-order valence-corrected chi connectivity index (χ1v) is 8.94. The zero-order chi connectivity index (χ0) is 13.8. The number of hydrogen-bond donors (Lipinski definition) is 1. The molecule has 2 aliphatic heterocycles. The van der Waals surface area contributed by atoms with Gasteiger partial charge in [-0.25, -0.2) is 0 Å². The fourth-order valence-electron chi connectivity index (χ4n) is 3.50. The summed E-state index contributed by atoms with van der Waals surface area (Å²) in [6.45, 7) is 9.82. The molecule has 3 heterocycles. The molecule has 1 aromatic rings. The van der Waals surface area contributed by atoms with Crippen LogP contribution < -0.4 is 5.32 Å². The Morgan fingerprint density at radius 3 is 2.95 bits per heavy atom. The van der Waals surface area contributed by atoms with Crippen molar-refractivity contribution in [2.24, 2.45) is 0 Å². The van der Waals surface area contributed by atoms with E-state index in [-0.39, 0.29) is 0 Å². The highest BCUT2D eigenvalue weighted by molar-refractivity contribution is 7.10. The highest BCUT2D eigenvalue weighted by Gasteiger charge is 2.28. The molecule has 112 valence electrons. The van der Waals surface area contributed by atoms with Crippen molar-refractivity contribution in [2.75, 3.05) is 39.3 Å². The minimum atomic E-state index is 0.493. The van der Waals surface area contributed by atoms with Crippen LogP contribution >= 0.6 is 11.3 Å². The van der Waals surface area contributed by atoms with Gasteiger partial charge in [-0.05, 0) is 57.3 Å². The summed E-state index contributed by atoms with van der Waals surface area (Å²) < 4.78 is 0. The second-order valence-electron chi connectivity index (χ2n) is 6.18. The van der Waals surface area contributed by atoms with Crippen LogP contribution in [0.5, 0.6) is 0 Å². The number of nitrogens with one attached hydrogen (secondary N) is 1. The molecule has 1 aromatic heterocycles. The van der Waals surface area contributed by atoms with Gasteiger partial charge in [0.1, 0.15) is 0 Å². The molecule has 20 heavy (non-hydrogen) atoms. The summed E-state index contributed by atoms with van der Waals surface area (Å²) in [6, 6.07) is 5.69. The molecule has 0 amide bonds. The minimum Gasteiger partial charge on any atom is -0.308 e. The number of hydrogen-bond acceptors (Lipinski definition) is 4. The number of rotatable bonds is 6. The number of likely N-dealkylation sites (tertiary alicyclic amines) is 2. The van der Waals surface area contributed by atoms with Crippen LogP contribution in [-0.2, 0) is 0 Å². The molecule has 2 aliphatic rings. The van der Waals surface area contributed by atoms with Crippen LogP contribution in [-0.4, -0.2) is 55.1 Å². The van der Waals surface area contributed by atoms with Gasteiger partial charge in [-0.3, -0.25) is 4.90 Å². The van der Waals surface area contributed by atoms with E-state index >= 15 is 0 Å². The van der Waals surface area contributed by atoms with E-state index in [4.69, 9.17) is 0 Å². The van der Waals surface area contributed by atoms with Crippen LogP contribution in [0, 0.1) is 0 Å². The fourth-order valence-corrected chi connectivity index (χ4v) is 4.26. The van der Waals surface area contributed by atoms with Crippen LogP contribution in [0.3, 0.4) is 0 Å². The van der Waals surface area contributed by atoms with Crippen molar-refractivity contribution in [2.45, 2.75) is 38.3 Å². The molecule has 2 fully saturated rings. The van der Waals surface area contributed by atoms with Gasteiger partial charge < -0.3 is 10.2 Å². The zero-order valence-electron chi connectivity index (χ0n) is 12.6. The predicted octanol–water partition coefficient (Wildman–Crippen LogP) is 2.57. The lowest BCUT2D eigenvalue weighted by Gasteiger charge is -2.24. The molecular weight excluding hydrogens is 266 g/mol. The molecule has 0 aromatic carbocycles. The molecular formula is C16H27N3S. The van der Waals surface area contributed by atoms with Gasteiger partial charge in [-0.1, -0.05) is 6.07 Å².